The van der Waals surface area contributed by atoms with Gasteiger partial charge in [0.1, 0.15) is 23.1 Å². The molecule has 1 fully saturated rings. The van der Waals surface area contributed by atoms with Crippen molar-refractivity contribution in [3.63, 3.8) is 0 Å². The second kappa shape index (κ2) is 19.2. The Morgan fingerprint density at radius 1 is 0.934 bits per heavy atom. The summed E-state index contributed by atoms with van der Waals surface area (Å²) < 4.78 is 30.8. The predicted octanol–water partition coefficient (Wildman–Crippen LogP) is 6.50. The van der Waals surface area contributed by atoms with Crippen LogP contribution < -0.4 is 26.5 Å². The Balaban J connectivity index is 0.00000307. The lowest BCUT2D eigenvalue weighted by Crippen LogP contribution is -2.46. The van der Waals surface area contributed by atoms with Crippen LogP contribution in [0.15, 0.2) is 107 Å². The number of pyridine rings is 1. The minimum Gasteiger partial charge on any atom is -0.384 e. The van der Waals surface area contributed by atoms with Crippen LogP contribution in [0.25, 0.3) is 10.9 Å². The molecule has 0 aliphatic carbocycles. The van der Waals surface area contributed by atoms with Crippen LogP contribution in [-0.2, 0) is 18.7 Å². The molecule has 0 bridgehead atoms. The predicted molar refractivity (Wildman–Crippen MR) is 235 cm³/mol. The molecule has 0 radical (unpaired) electrons. The van der Waals surface area contributed by atoms with E-state index in [-0.39, 0.29) is 40.6 Å². The molecule has 0 spiro atoms. The fraction of sp³-hybridized carbons (Fsp3) is 0.289. The van der Waals surface area contributed by atoms with Gasteiger partial charge in [0.25, 0.3) is 5.56 Å². The number of carbonyl (C=O) groups is 1. The van der Waals surface area contributed by atoms with E-state index in [1.165, 1.54) is 29.0 Å². The highest BCUT2D eigenvalue weighted by Gasteiger charge is 2.25. The summed E-state index contributed by atoms with van der Waals surface area (Å²) in [6, 6.07) is 21.9. The van der Waals surface area contributed by atoms with Gasteiger partial charge in [-0.25, -0.2) is 33.6 Å². The minimum atomic E-state index is -1.20. The molecule has 61 heavy (non-hydrogen) atoms. The van der Waals surface area contributed by atoms with Crippen molar-refractivity contribution in [2.75, 3.05) is 55.0 Å². The van der Waals surface area contributed by atoms with Crippen molar-refractivity contribution >= 4 is 46.1 Å². The third kappa shape index (κ3) is 10.1. The number of aromatic amines is 1. The summed E-state index contributed by atoms with van der Waals surface area (Å²) in [5.74, 6) is -0.104. The van der Waals surface area contributed by atoms with Crippen molar-refractivity contribution in [3.8, 4) is 0 Å². The average Bonchev–Trinajstić information content (AvgIpc) is 3.25. The summed E-state index contributed by atoms with van der Waals surface area (Å²) >= 11 is 0. The largest absolute Gasteiger partial charge is 0.384 e. The van der Waals surface area contributed by atoms with Crippen molar-refractivity contribution in [2.45, 2.75) is 46.4 Å². The highest BCUT2D eigenvalue weighted by Crippen LogP contribution is 2.30. The fourth-order valence-corrected chi connectivity index (χ4v) is 7.07. The van der Waals surface area contributed by atoms with Crippen molar-refractivity contribution in [1.82, 2.24) is 34.4 Å². The summed E-state index contributed by atoms with van der Waals surface area (Å²) in [7, 11) is 1.81. The summed E-state index contributed by atoms with van der Waals surface area (Å²) in [5.41, 5.74) is 1.03. The van der Waals surface area contributed by atoms with Gasteiger partial charge in [-0.2, -0.15) is 4.98 Å². The monoisotopic (exact) mass is 832 g/mol. The van der Waals surface area contributed by atoms with E-state index in [1.807, 2.05) is 45.2 Å². The molecule has 7 rings (SSSR count). The van der Waals surface area contributed by atoms with Crippen LogP contribution in [0.1, 0.15) is 54.9 Å². The molecule has 1 saturated heterocycles. The number of hydrazine groups is 1. The molecular formula is C45H50F2N10O4. The maximum Gasteiger partial charge on any atom is 0.329 e. The SMILES string of the molecule is C=CCN(C)N(c1cccc(C(C)(C)O)n1)c1nc(Nc2ccc(N3CCN(Cc4cc(Cn5c(=O)[nH]c(=O)c6c(F)cccc65)ccc4F)CC3)cc2)ncc1C=O.CC. The zero-order chi connectivity index (χ0) is 43.8. The van der Waals surface area contributed by atoms with Crippen molar-refractivity contribution in [1.29, 1.82) is 0 Å². The van der Waals surface area contributed by atoms with Crippen LogP contribution in [-0.4, -0.2) is 85.6 Å². The van der Waals surface area contributed by atoms with Gasteiger partial charge in [-0.3, -0.25) is 24.0 Å². The molecular weight excluding hydrogens is 783 g/mol. The number of aliphatic hydroxyl groups is 1. The lowest BCUT2D eigenvalue weighted by molar-refractivity contribution is 0.0738. The lowest BCUT2D eigenvalue weighted by atomic mass is 10.1. The molecule has 0 amide bonds. The van der Waals surface area contributed by atoms with Gasteiger partial charge in [-0.1, -0.05) is 38.1 Å². The van der Waals surface area contributed by atoms with Gasteiger partial charge in [0.2, 0.25) is 5.95 Å². The van der Waals surface area contributed by atoms with E-state index in [4.69, 9.17) is 4.98 Å². The number of hydrogen-bond acceptors (Lipinski definition) is 12. The Kier molecular flexibility index (Phi) is 13.8. The molecule has 0 atom stereocenters. The molecule has 6 aromatic rings. The highest BCUT2D eigenvalue weighted by atomic mass is 19.1. The van der Waals surface area contributed by atoms with Gasteiger partial charge in [-0.15, -0.1) is 6.58 Å². The van der Waals surface area contributed by atoms with Crippen LogP contribution >= 0.6 is 0 Å². The van der Waals surface area contributed by atoms with Crippen LogP contribution in [0.3, 0.4) is 0 Å². The van der Waals surface area contributed by atoms with Crippen molar-refractivity contribution < 1.29 is 18.7 Å². The maximum absolute atomic E-state index is 15.1. The number of nitrogens with zero attached hydrogens (tertiary/aromatic N) is 8. The van der Waals surface area contributed by atoms with E-state index in [9.17, 15) is 23.9 Å². The smallest absolute Gasteiger partial charge is 0.329 e. The first-order valence-corrected chi connectivity index (χ1v) is 20.0. The average molecular weight is 833 g/mol. The van der Waals surface area contributed by atoms with E-state index >= 15 is 4.39 Å². The molecule has 14 nitrogen and oxygen atoms in total. The molecule has 3 aromatic carbocycles. The second-order valence-corrected chi connectivity index (χ2v) is 14.8. The van der Waals surface area contributed by atoms with Crippen molar-refractivity contribution in [2.24, 2.45) is 0 Å². The first kappa shape index (κ1) is 43.9. The van der Waals surface area contributed by atoms with Gasteiger partial charge in [0.05, 0.1) is 28.7 Å². The molecule has 1 aliphatic rings. The van der Waals surface area contributed by atoms with E-state index in [0.717, 1.165) is 17.4 Å². The molecule has 1 aliphatic heterocycles. The molecule has 3 N–H and O–H groups in total. The van der Waals surface area contributed by atoms with Gasteiger partial charge < -0.3 is 15.3 Å². The Hall–Kier alpha value is -6.62. The second-order valence-electron chi connectivity index (χ2n) is 14.8. The van der Waals surface area contributed by atoms with E-state index < -0.39 is 22.7 Å². The number of halogens is 2. The quantitative estimate of drug-likeness (QED) is 0.0623. The topological polar surface area (TPSA) is 156 Å². The van der Waals surface area contributed by atoms with E-state index in [0.29, 0.717) is 68.2 Å². The Labute approximate surface area is 352 Å². The number of carbonyl (C=O) groups excluding carboxylic acids is 1. The number of anilines is 5. The number of aldehydes is 1. The first-order chi connectivity index (χ1) is 29.3. The third-order valence-corrected chi connectivity index (χ3v) is 10.1. The highest BCUT2D eigenvalue weighted by molar-refractivity contribution is 5.84. The number of fused-ring (bicyclic) bond motifs is 1. The number of likely N-dealkylation sites (N-methyl/N-ethyl adjacent to an activating group) is 1. The summed E-state index contributed by atoms with van der Waals surface area (Å²) in [4.78, 5) is 57.6. The van der Waals surface area contributed by atoms with Gasteiger partial charge in [-0.05, 0) is 80.1 Å². The number of H-pyrrole nitrogens is 1. The van der Waals surface area contributed by atoms with Gasteiger partial charge >= 0.3 is 5.69 Å². The van der Waals surface area contributed by atoms with E-state index in [2.05, 4.69) is 36.6 Å². The first-order valence-electron chi connectivity index (χ1n) is 20.0. The fourth-order valence-electron chi connectivity index (χ4n) is 7.07. The van der Waals surface area contributed by atoms with E-state index in [1.54, 1.807) is 60.3 Å². The molecule has 318 valence electrons. The third-order valence-electron chi connectivity index (χ3n) is 10.1. The molecule has 0 saturated carbocycles. The van der Waals surface area contributed by atoms with Crippen molar-refractivity contribution in [3.05, 3.63) is 153 Å². The number of piperazine rings is 1. The number of hydrogen-bond donors (Lipinski definition) is 3. The van der Waals surface area contributed by atoms with Crippen LogP contribution in [0.5, 0.6) is 0 Å². The lowest BCUT2D eigenvalue weighted by Gasteiger charge is -2.36. The molecule has 0 unspecified atom stereocenters. The summed E-state index contributed by atoms with van der Waals surface area (Å²) in [6.07, 6.45) is 3.84. The standard InChI is InChI=1S/C43H44F2N10O4.C2H6/c1-5-18-51(4)55(37-11-7-10-36(48-37)43(2,3)59)39-30(27-56)24-46-41(49-39)47-31-13-15-32(16-14-31)53-21-19-52(20-22-53)26-29-23-28(12-17-33(29)44)25-54-35-9-6-8-34(45)38(35)40(57)50-42(54)58;1-2/h5-17,23-24,27,59H,1,18-22,25-26H2,2-4H3,(H,46,47,49)(H,50,57,58);1-2H3. The Morgan fingerprint density at radius 3 is 2.34 bits per heavy atom. The van der Waals surface area contributed by atoms with Crippen LogP contribution in [0.2, 0.25) is 0 Å². The Bertz CT molecular complexity index is 2620. The summed E-state index contributed by atoms with van der Waals surface area (Å²) in [5, 5.41) is 17.2. The van der Waals surface area contributed by atoms with Crippen LogP contribution in [0, 0.1) is 11.6 Å². The molecule has 3 aromatic heterocycles. The zero-order valence-electron chi connectivity index (χ0n) is 34.9. The number of nitrogens with one attached hydrogen (secondary N) is 2. The van der Waals surface area contributed by atoms with Gasteiger partial charge in [0.15, 0.2) is 12.1 Å². The zero-order valence-corrected chi connectivity index (χ0v) is 34.9. The Morgan fingerprint density at radius 2 is 1.66 bits per heavy atom. The van der Waals surface area contributed by atoms with Gasteiger partial charge in [0, 0.05) is 69.5 Å². The molecule has 4 heterocycles. The van der Waals surface area contributed by atoms with Crippen LogP contribution in [0.4, 0.5) is 37.7 Å². The number of benzene rings is 3. The minimum absolute atomic E-state index is 0.0281. The normalized spacial score (nSPS) is 13.2. The molecule has 16 heteroatoms. The number of aromatic nitrogens is 5. The number of rotatable bonds is 14. The maximum atomic E-state index is 15.1. The summed E-state index contributed by atoms with van der Waals surface area (Å²) in [6.45, 7) is 14.7.